The predicted molar refractivity (Wildman–Crippen MR) is 122 cm³/mol. The smallest absolute Gasteiger partial charge is 0.338 e. The average Bonchev–Trinajstić information content (AvgIpc) is 3.36. The molecule has 3 aromatic rings. The van der Waals surface area contributed by atoms with Gasteiger partial charge in [-0.05, 0) is 49.1 Å². The van der Waals surface area contributed by atoms with Crippen LogP contribution in [0.15, 0.2) is 62.8 Å². The normalized spacial score (nSPS) is 15.8. The third-order valence-corrected chi connectivity index (χ3v) is 6.65. The van der Waals surface area contributed by atoms with Crippen LogP contribution in [0.3, 0.4) is 0 Å². The number of ether oxygens (including phenoxy) is 2. The number of aromatic nitrogens is 1. The highest BCUT2D eigenvalue weighted by molar-refractivity contribution is 7.10. The van der Waals surface area contributed by atoms with Gasteiger partial charge in [0, 0.05) is 11.8 Å². The molecule has 4 rings (SSSR count). The lowest BCUT2D eigenvalue weighted by molar-refractivity contribution is -0.139. The van der Waals surface area contributed by atoms with Gasteiger partial charge in [0.05, 0.1) is 22.4 Å². The number of fused-ring (bicyclic) bond motifs is 1. The highest BCUT2D eigenvalue weighted by Crippen LogP contribution is 2.33. The van der Waals surface area contributed by atoms with Crippen molar-refractivity contribution in [2.45, 2.75) is 26.8 Å². The van der Waals surface area contributed by atoms with Gasteiger partial charge in [0.25, 0.3) is 5.56 Å². The van der Waals surface area contributed by atoms with Gasteiger partial charge in [0.15, 0.2) is 4.80 Å². The molecule has 9 heteroatoms. The molecule has 0 radical (unpaired) electrons. The van der Waals surface area contributed by atoms with E-state index in [1.54, 1.807) is 42.7 Å². The molecule has 0 fully saturated rings. The lowest BCUT2D eigenvalue weighted by atomic mass is 10.0. The van der Waals surface area contributed by atoms with Crippen LogP contribution in [0.2, 0.25) is 0 Å². The lowest BCUT2D eigenvalue weighted by Crippen LogP contribution is -2.39. The molecule has 0 unspecified atom stereocenters. The molecule has 0 saturated carbocycles. The van der Waals surface area contributed by atoms with E-state index in [0.29, 0.717) is 31.9 Å². The molecule has 0 aliphatic carbocycles. The van der Waals surface area contributed by atoms with Gasteiger partial charge in [-0.2, -0.15) is 0 Å². The summed E-state index contributed by atoms with van der Waals surface area (Å²) in [7, 11) is 0. The Labute approximate surface area is 191 Å². The van der Waals surface area contributed by atoms with Gasteiger partial charge in [-0.25, -0.2) is 9.79 Å². The van der Waals surface area contributed by atoms with E-state index in [4.69, 9.17) is 9.47 Å². The van der Waals surface area contributed by atoms with Gasteiger partial charge >= 0.3 is 11.9 Å². The fourth-order valence-electron chi connectivity index (χ4n) is 3.49. The fraction of sp³-hybridized carbons (Fsp3) is 0.217. The Hall–Kier alpha value is -3.30. The molecule has 32 heavy (non-hydrogen) atoms. The van der Waals surface area contributed by atoms with Crippen molar-refractivity contribution < 1.29 is 19.1 Å². The molecule has 1 aliphatic rings. The molecule has 0 saturated heterocycles. The van der Waals surface area contributed by atoms with Crippen molar-refractivity contribution >= 4 is 40.7 Å². The van der Waals surface area contributed by atoms with E-state index in [-0.39, 0.29) is 12.2 Å². The number of carbonyl (C=O) groups is 2. The summed E-state index contributed by atoms with van der Waals surface area (Å²) < 4.78 is 12.4. The number of carbonyl (C=O) groups excluding carboxylic acids is 2. The summed E-state index contributed by atoms with van der Waals surface area (Å²) in [6.45, 7) is 5.06. The summed E-state index contributed by atoms with van der Waals surface area (Å²) in [5.74, 6) is -0.495. The summed E-state index contributed by atoms with van der Waals surface area (Å²) in [6, 6.07) is 10.1. The topological polar surface area (TPSA) is 87.0 Å². The van der Waals surface area contributed by atoms with Crippen molar-refractivity contribution in [1.29, 1.82) is 0 Å². The Morgan fingerprint density at radius 1 is 1.25 bits per heavy atom. The zero-order valence-electron chi connectivity index (χ0n) is 17.7. The van der Waals surface area contributed by atoms with Crippen molar-refractivity contribution in [3.63, 3.8) is 0 Å². The van der Waals surface area contributed by atoms with Crippen molar-refractivity contribution in [2.24, 2.45) is 4.99 Å². The number of rotatable bonds is 5. The van der Waals surface area contributed by atoms with E-state index in [2.05, 4.69) is 4.99 Å². The number of allylic oxidation sites excluding steroid dienone is 1. The summed E-state index contributed by atoms with van der Waals surface area (Å²) >= 11 is 2.71. The van der Waals surface area contributed by atoms with Crippen LogP contribution < -0.4 is 19.6 Å². The summed E-state index contributed by atoms with van der Waals surface area (Å²) in [6.07, 6.45) is 1.73. The Kier molecular flexibility index (Phi) is 6.20. The second-order valence-corrected chi connectivity index (χ2v) is 8.97. The van der Waals surface area contributed by atoms with Crippen molar-refractivity contribution in [3.05, 3.63) is 83.2 Å². The largest absolute Gasteiger partial charge is 0.463 e. The number of hydrogen-bond acceptors (Lipinski definition) is 8. The standard InChI is InChI=1S/C23H20N2O5S2/c1-4-29-22(28)19-13(2)24-23-25(20(19)17-9-6-10-31-17)21(27)18(32-23)12-15-7-5-8-16(11-15)30-14(3)26/h5-12,20H,4H2,1-3H3/b18-12+/t20-/m0/s1. The number of benzene rings is 1. The van der Waals surface area contributed by atoms with Crippen LogP contribution in [0.5, 0.6) is 5.75 Å². The maximum Gasteiger partial charge on any atom is 0.338 e. The second-order valence-electron chi connectivity index (χ2n) is 6.98. The van der Waals surface area contributed by atoms with Gasteiger partial charge in [0.1, 0.15) is 11.8 Å². The molecule has 2 aromatic heterocycles. The first kappa shape index (κ1) is 21.9. The van der Waals surface area contributed by atoms with E-state index in [0.717, 1.165) is 4.88 Å². The van der Waals surface area contributed by atoms with E-state index in [1.807, 2.05) is 23.6 Å². The number of esters is 2. The van der Waals surface area contributed by atoms with Crippen LogP contribution in [-0.4, -0.2) is 23.1 Å². The number of nitrogens with zero attached hydrogens (tertiary/aromatic N) is 2. The van der Waals surface area contributed by atoms with Gasteiger partial charge in [-0.15, -0.1) is 11.3 Å². The van der Waals surface area contributed by atoms with Crippen LogP contribution >= 0.6 is 22.7 Å². The van der Waals surface area contributed by atoms with Crippen molar-refractivity contribution in [2.75, 3.05) is 6.61 Å². The van der Waals surface area contributed by atoms with Crippen molar-refractivity contribution in [3.8, 4) is 5.75 Å². The molecule has 7 nitrogen and oxygen atoms in total. The zero-order valence-corrected chi connectivity index (χ0v) is 19.3. The highest BCUT2D eigenvalue weighted by Gasteiger charge is 2.33. The second kappa shape index (κ2) is 9.05. The molecule has 164 valence electrons. The molecule has 1 aliphatic heterocycles. The predicted octanol–water partition coefficient (Wildman–Crippen LogP) is 2.79. The molecule has 0 N–H and O–H groups in total. The molecule has 1 atom stereocenters. The van der Waals surface area contributed by atoms with E-state index < -0.39 is 18.0 Å². The molecular weight excluding hydrogens is 448 g/mol. The van der Waals surface area contributed by atoms with Gasteiger partial charge in [0.2, 0.25) is 0 Å². The van der Waals surface area contributed by atoms with Crippen LogP contribution in [-0.2, 0) is 14.3 Å². The quantitative estimate of drug-likeness (QED) is 0.425. The maximum absolute atomic E-state index is 13.4. The summed E-state index contributed by atoms with van der Waals surface area (Å²) in [4.78, 5) is 43.4. The van der Waals surface area contributed by atoms with E-state index >= 15 is 0 Å². The molecule has 3 heterocycles. The molecule has 0 spiro atoms. The number of hydrogen-bond donors (Lipinski definition) is 0. The van der Waals surface area contributed by atoms with E-state index in [9.17, 15) is 14.4 Å². The van der Waals surface area contributed by atoms with Crippen LogP contribution in [0.1, 0.15) is 37.3 Å². The zero-order chi connectivity index (χ0) is 22.8. The Morgan fingerprint density at radius 2 is 2.06 bits per heavy atom. The minimum Gasteiger partial charge on any atom is -0.463 e. The van der Waals surface area contributed by atoms with Crippen LogP contribution in [0.25, 0.3) is 6.08 Å². The lowest BCUT2D eigenvalue weighted by Gasteiger charge is -2.23. The highest BCUT2D eigenvalue weighted by atomic mass is 32.1. The first-order valence-corrected chi connectivity index (χ1v) is 11.6. The van der Waals surface area contributed by atoms with Crippen molar-refractivity contribution in [1.82, 2.24) is 4.57 Å². The Morgan fingerprint density at radius 3 is 2.75 bits per heavy atom. The Balaban J connectivity index is 1.88. The van der Waals surface area contributed by atoms with Gasteiger partial charge in [-0.3, -0.25) is 14.2 Å². The Bertz CT molecular complexity index is 1400. The summed E-state index contributed by atoms with van der Waals surface area (Å²) in [5.41, 5.74) is 1.36. The van der Waals surface area contributed by atoms with Gasteiger partial charge in [-0.1, -0.05) is 29.5 Å². The molecule has 0 amide bonds. The average molecular weight is 469 g/mol. The van der Waals surface area contributed by atoms with Crippen LogP contribution in [0.4, 0.5) is 0 Å². The molecular formula is C23H20N2O5S2. The number of thiazole rings is 1. The first-order chi connectivity index (χ1) is 15.4. The summed E-state index contributed by atoms with van der Waals surface area (Å²) in [5, 5.41) is 1.91. The number of thiophene rings is 1. The first-order valence-electron chi connectivity index (χ1n) is 9.90. The monoisotopic (exact) mass is 468 g/mol. The SMILES string of the molecule is CCOC(=O)C1=C(C)N=c2s/c(=C/c3cccc(OC(C)=O)c3)c(=O)n2[C@H]1c1cccs1. The molecule has 0 bridgehead atoms. The van der Waals surface area contributed by atoms with Gasteiger partial charge < -0.3 is 9.47 Å². The third-order valence-electron chi connectivity index (χ3n) is 4.75. The minimum atomic E-state index is -0.597. The minimum absolute atomic E-state index is 0.232. The maximum atomic E-state index is 13.4. The molecule has 1 aromatic carbocycles. The third kappa shape index (κ3) is 4.21. The van der Waals surface area contributed by atoms with Crippen LogP contribution in [0, 0.1) is 0 Å². The van der Waals surface area contributed by atoms with E-state index in [1.165, 1.54) is 29.6 Å². The fourth-order valence-corrected chi connectivity index (χ4v) is 5.36.